The number of unbranched alkanes of at least 4 members (excludes halogenated alkanes) is 5. The van der Waals surface area contributed by atoms with E-state index in [1.165, 1.54) is 24.3 Å². The summed E-state index contributed by atoms with van der Waals surface area (Å²) in [5.74, 6) is -6.65. The third-order valence-electron chi connectivity index (χ3n) is 11.6. The van der Waals surface area contributed by atoms with Crippen molar-refractivity contribution in [2.24, 2.45) is 23.5 Å². The van der Waals surface area contributed by atoms with Crippen molar-refractivity contribution >= 4 is 43.0 Å². The molecule has 1 fully saturated rings. The topological polar surface area (TPSA) is 290 Å². The summed E-state index contributed by atoms with van der Waals surface area (Å²) in [7, 11) is -4.92. The number of phosphoric acid groups is 1. The summed E-state index contributed by atoms with van der Waals surface area (Å²) in [5, 5.41) is 34.1. The number of benzene rings is 1. The van der Waals surface area contributed by atoms with Crippen LogP contribution in [0.2, 0.25) is 0 Å². The lowest BCUT2D eigenvalue weighted by Gasteiger charge is -2.27. The van der Waals surface area contributed by atoms with Gasteiger partial charge in [-0.3, -0.25) is 37.8 Å². The van der Waals surface area contributed by atoms with Crippen LogP contribution in [0, 0.1) is 17.8 Å². The second-order valence-electron chi connectivity index (χ2n) is 17.4. The van der Waals surface area contributed by atoms with Crippen LogP contribution in [0.4, 0.5) is 0 Å². The third-order valence-corrected chi connectivity index (χ3v) is 12.7. The molecule has 20 heteroatoms. The lowest BCUT2D eigenvalue weighted by atomic mass is 9.89. The monoisotopic (exact) mass is 934 g/mol. The fourth-order valence-corrected chi connectivity index (χ4v) is 8.91. The fraction of sp³-hybridized carbons (Fsp3) is 0.667. The second-order valence-corrected chi connectivity index (χ2v) is 18.8. The van der Waals surface area contributed by atoms with Crippen molar-refractivity contribution in [1.82, 2.24) is 25.1 Å². The number of primary amides is 1. The molecule has 0 radical (unpaired) electrons. The normalized spacial score (nSPS) is 17.7. The van der Waals surface area contributed by atoms with E-state index in [4.69, 9.17) is 15.4 Å². The molecule has 8 atom stereocenters. The number of aliphatic hydroxyl groups is 3. The molecule has 3 rings (SSSR count). The number of nitrogens with two attached hydrogens (primary N) is 1. The molecule has 65 heavy (non-hydrogen) atoms. The molecule has 0 spiro atoms. The van der Waals surface area contributed by atoms with Crippen LogP contribution in [-0.2, 0) is 61.8 Å². The number of hydrogen-bond donors (Lipinski definition) is 7. The summed E-state index contributed by atoms with van der Waals surface area (Å²) < 4.78 is 24.0. The van der Waals surface area contributed by atoms with Gasteiger partial charge < -0.3 is 46.0 Å². The molecule has 0 aliphatic carbocycles. The molecule has 0 saturated carbocycles. The zero-order valence-electron chi connectivity index (χ0n) is 38.2. The van der Waals surface area contributed by atoms with Crippen molar-refractivity contribution in [2.45, 2.75) is 148 Å². The van der Waals surface area contributed by atoms with Gasteiger partial charge in [-0.2, -0.15) is 0 Å². The Balaban J connectivity index is 1.77. The Morgan fingerprint density at radius 2 is 1.58 bits per heavy atom. The number of phosphoric ester groups is 1. The van der Waals surface area contributed by atoms with Gasteiger partial charge in [-0.15, -0.1) is 0 Å². The summed E-state index contributed by atoms with van der Waals surface area (Å²) in [5.41, 5.74) is 7.50. The minimum absolute atomic E-state index is 0.00195. The molecule has 1 aromatic heterocycles. The van der Waals surface area contributed by atoms with Crippen LogP contribution in [0.5, 0.6) is 0 Å². The number of carbonyl (C=O) groups excluding carboxylic acids is 6. The Kier molecular flexibility index (Phi) is 23.6. The molecule has 4 amide bonds. The molecular formula is C45H71N6O13P. The minimum Gasteiger partial charge on any atom is -0.394 e. The molecule has 1 unspecified atom stereocenters. The molecule has 364 valence electrons. The van der Waals surface area contributed by atoms with Gasteiger partial charge in [0, 0.05) is 51.2 Å². The maximum atomic E-state index is 14.2. The molecule has 2 heterocycles. The zero-order valence-corrected chi connectivity index (χ0v) is 39.1. The number of rotatable bonds is 32. The lowest BCUT2D eigenvalue weighted by molar-refractivity contribution is -0.138. The van der Waals surface area contributed by atoms with E-state index in [0.717, 1.165) is 44.9 Å². The number of hydrogen-bond acceptors (Lipinski definition) is 13. The summed E-state index contributed by atoms with van der Waals surface area (Å²) in [4.78, 5) is 96.1. The van der Waals surface area contributed by atoms with Crippen LogP contribution in [0.25, 0.3) is 0 Å². The summed E-state index contributed by atoms with van der Waals surface area (Å²) >= 11 is 0. The van der Waals surface area contributed by atoms with E-state index >= 15 is 0 Å². The number of likely N-dealkylation sites (tertiary alicyclic amines) is 1. The van der Waals surface area contributed by atoms with Gasteiger partial charge in [0.25, 0.3) is 0 Å². The van der Waals surface area contributed by atoms with Crippen LogP contribution in [-0.4, -0.2) is 127 Å². The van der Waals surface area contributed by atoms with E-state index in [-0.39, 0.29) is 31.1 Å². The van der Waals surface area contributed by atoms with Gasteiger partial charge >= 0.3 is 7.82 Å². The first-order chi connectivity index (χ1) is 30.8. The Labute approximate surface area is 381 Å². The van der Waals surface area contributed by atoms with Crippen LogP contribution >= 0.6 is 7.82 Å². The highest BCUT2D eigenvalue weighted by atomic mass is 31.2. The number of carbonyl (C=O) groups is 6. The van der Waals surface area contributed by atoms with E-state index in [1.54, 1.807) is 12.5 Å². The highest BCUT2D eigenvalue weighted by Crippen LogP contribution is 2.46. The predicted octanol–water partition coefficient (Wildman–Crippen LogP) is 2.54. The van der Waals surface area contributed by atoms with Gasteiger partial charge in [0.2, 0.25) is 23.6 Å². The van der Waals surface area contributed by atoms with Crippen LogP contribution < -0.4 is 16.4 Å². The Bertz CT molecular complexity index is 1880. The molecule has 1 aliphatic heterocycles. The Morgan fingerprint density at radius 1 is 0.923 bits per heavy atom. The maximum Gasteiger partial charge on any atom is 0.472 e. The van der Waals surface area contributed by atoms with E-state index < -0.39 is 106 Å². The number of Topliss-reactive ketones (excluding diaryl/α,β-unsaturated/α-hetero) is 2. The predicted molar refractivity (Wildman–Crippen MR) is 239 cm³/mol. The summed E-state index contributed by atoms with van der Waals surface area (Å²) in [6.07, 6.45) is 7.67. The van der Waals surface area contributed by atoms with E-state index in [1.807, 2.05) is 36.6 Å². The number of ketones is 2. The van der Waals surface area contributed by atoms with E-state index in [9.17, 15) is 48.4 Å². The highest BCUT2D eigenvalue weighted by Gasteiger charge is 2.38. The molecule has 1 aromatic carbocycles. The van der Waals surface area contributed by atoms with Gasteiger partial charge in [0.15, 0.2) is 11.6 Å². The number of amides is 4. The average molecular weight is 935 g/mol. The molecule has 1 saturated heterocycles. The van der Waals surface area contributed by atoms with Gasteiger partial charge in [0.05, 0.1) is 50.1 Å². The first-order valence-corrected chi connectivity index (χ1v) is 24.2. The van der Waals surface area contributed by atoms with Gasteiger partial charge in [-0.05, 0) is 56.9 Å². The maximum absolute atomic E-state index is 14.2. The smallest absolute Gasteiger partial charge is 0.394 e. The average Bonchev–Trinajstić information content (AvgIpc) is 3.94. The molecule has 19 nitrogen and oxygen atoms in total. The van der Waals surface area contributed by atoms with Crippen LogP contribution in [0.3, 0.4) is 0 Å². The first kappa shape index (κ1) is 55.0. The SMILES string of the molecule is CC(=O)N1CCC[C@H]1C(=O)N[C@@H](CC(C)C)C(=O)C[C@@H](Cc1cncn1CCCCCCCCc1ccccc1)C(=O)N[C@@H](CO)C(=O)C[C@H](C(N)=O)[C@@H](C)OP(=O)(O)OC[C@H](O)CO. The molecule has 2 aromatic rings. The number of aliphatic hydroxyl groups excluding tert-OH is 3. The largest absolute Gasteiger partial charge is 0.472 e. The standard InChI is InChI=1S/C45H71N6O13P/c1-30(2)21-38(48-45(60)40-18-14-20-51(40)32(4)54)41(56)23-34(22-35-25-47-29-50(35)19-13-8-6-5-7-10-15-33-16-11-9-12-17-33)44(59)49-39(27-53)42(57)24-37(43(46)58)31(3)64-65(61,62)63-28-36(55)26-52/h9,11-12,16-17,25,29-31,34,36-40,52-53,55H,5-8,10,13-15,18-24,26-28H2,1-4H3,(H2,46,58)(H,48,60)(H,49,59)(H,61,62)/t31-,34-,36-,37+,38+,39+,40+/m1/s1. The van der Waals surface area contributed by atoms with E-state index in [2.05, 4.69) is 32.3 Å². The van der Waals surface area contributed by atoms with Crippen molar-refractivity contribution in [1.29, 1.82) is 0 Å². The van der Waals surface area contributed by atoms with E-state index in [0.29, 0.717) is 31.6 Å². The van der Waals surface area contributed by atoms with Crippen molar-refractivity contribution in [3.05, 3.63) is 54.1 Å². The summed E-state index contributed by atoms with van der Waals surface area (Å²) in [6.45, 7) is 4.88. The number of nitrogens with one attached hydrogen (secondary N) is 2. The first-order valence-electron chi connectivity index (χ1n) is 22.7. The number of aromatic nitrogens is 2. The number of nitrogens with zero attached hydrogens (tertiary/aromatic N) is 3. The Morgan fingerprint density at radius 3 is 2.22 bits per heavy atom. The van der Waals surface area contributed by atoms with Crippen molar-refractivity contribution in [3.63, 3.8) is 0 Å². The zero-order chi connectivity index (χ0) is 48.1. The molecule has 0 bridgehead atoms. The fourth-order valence-electron chi connectivity index (χ4n) is 7.93. The third kappa shape index (κ3) is 19.2. The minimum atomic E-state index is -4.92. The van der Waals surface area contributed by atoms with Crippen molar-refractivity contribution in [3.8, 4) is 0 Å². The highest BCUT2D eigenvalue weighted by molar-refractivity contribution is 7.47. The lowest BCUT2D eigenvalue weighted by Crippen LogP contribution is -2.52. The molecular weight excluding hydrogens is 863 g/mol. The number of aryl methyl sites for hydroxylation is 2. The van der Waals surface area contributed by atoms with Gasteiger partial charge in [-0.1, -0.05) is 69.9 Å². The quantitative estimate of drug-likeness (QED) is 0.0410. The van der Waals surface area contributed by atoms with Crippen molar-refractivity contribution < 1.29 is 62.6 Å². The van der Waals surface area contributed by atoms with Crippen molar-refractivity contribution in [2.75, 3.05) is 26.4 Å². The number of imidazole rings is 1. The van der Waals surface area contributed by atoms with Gasteiger partial charge in [-0.25, -0.2) is 9.55 Å². The summed E-state index contributed by atoms with van der Waals surface area (Å²) in [6, 6.07) is 7.03. The second kappa shape index (κ2) is 28.0. The van der Waals surface area contributed by atoms with Crippen LogP contribution in [0.1, 0.15) is 110 Å². The molecule has 1 aliphatic rings. The molecule has 8 N–H and O–H groups in total. The van der Waals surface area contributed by atoms with Gasteiger partial charge in [0.1, 0.15) is 18.2 Å². The Hall–Kier alpha value is -4.36. The van der Waals surface area contributed by atoms with Crippen LogP contribution in [0.15, 0.2) is 42.9 Å².